The van der Waals surface area contributed by atoms with Crippen LogP contribution in [0.2, 0.25) is 0 Å². The molecule has 0 fully saturated rings. The normalized spacial score (nSPS) is 11.7. The van der Waals surface area contributed by atoms with Crippen LogP contribution < -0.4 is 4.72 Å². The van der Waals surface area contributed by atoms with Crippen LogP contribution >= 0.6 is 11.3 Å². The largest absolute Gasteiger partial charge is 0.392 e. The van der Waals surface area contributed by atoms with Crippen molar-refractivity contribution in [3.8, 4) is 0 Å². The molecule has 0 aliphatic rings. The Balaban J connectivity index is 2.13. The summed E-state index contributed by atoms with van der Waals surface area (Å²) in [7, 11) is -3.58. The molecule has 0 saturated carbocycles. The Labute approximate surface area is 116 Å². The molecule has 0 atom stereocenters. The number of hydrogen-bond donors (Lipinski definition) is 2. The molecule has 2 N–H and O–H groups in total. The van der Waals surface area contributed by atoms with Gasteiger partial charge in [0.2, 0.25) is 10.0 Å². The zero-order valence-corrected chi connectivity index (χ0v) is 12.0. The topological polar surface area (TPSA) is 79.3 Å². The van der Waals surface area contributed by atoms with E-state index in [4.69, 9.17) is 5.11 Å². The molecule has 5 nitrogen and oxygen atoms in total. The maximum atomic E-state index is 12.1. The van der Waals surface area contributed by atoms with Crippen LogP contribution in [0.3, 0.4) is 0 Å². The first kappa shape index (κ1) is 14.1. The number of nitrogens with zero attached hydrogens (tertiary/aromatic N) is 1. The minimum atomic E-state index is -3.58. The van der Waals surface area contributed by atoms with Crippen molar-refractivity contribution in [2.24, 2.45) is 0 Å². The van der Waals surface area contributed by atoms with Crippen molar-refractivity contribution >= 4 is 21.4 Å². The maximum absolute atomic E-state index is 12.1. The van der Waals surface area contributed by atoms with Crippen LogP contribution in [-0.2, 0) is 23.2 Å². The molecule has 19 heavy (non-hydrogen) atoms. The maximum Gasteiger partial charge on any atom is 0.240 e. The summed E-state index contributed by atoms with van der Waals surface area (Å²) in [5.41, 5.74) is 0.563. The van der Waals surface area contributed by atoms with E-state index in [-0.39, 0.29) is 18.0 Å². The first-order valence-corrected chi connectivity index (χ1v) is 7.92. The molecule has 0 aliphatic heterocycles. The quantitative estimate of drug-likeness (QED) is 0.875. The first-order valence-electron chi connectivity index (χ1n) is 5.62. The Morgan fingerprint density at radius 1 is 1.42 bits per heavy atom. The first-order chi connectivity index (χ1) is 9.01. The summed E-state index contributed by atoms with van der Waals surface area (Å²) in [6, 6.07) is 6.22. The highest BCUT2D eigenvalue weighted by molar-refractivity contribution is 7.89. The van der Waals surface area contributed by atoms with Crippen molar-refractivity contribution in [2.75, 3.05) is 0 Å². The predicted octanol–water partition coefficient (Wildman–Crippen LogP) is 1.42. The Morgan fingerprint density at radius 3 is 2.84 bits per heavy atom. The lowest BCUT2D eigenvalue weighted by Gasteiger charge is -2.06. The van der Waals surface area contributed by atoms with Crippen molar-refractivity contribution in [1.82, 2.24) is 9.71 Å². The molecule has 0 radical (unpaired) electrons. The van der Waals surface area contributed by atoms with Crippen molar-refractivity contribution in [3.63, 3.8) is 0 Å². The second-order valence-corrected chi connectivity index (χ2v) is 7.08. The fraction of sp³-hybridized carbons (Fsp3) is 0.250. The van der Waals surface area contributed by atoms with Gasteiger partial charge in [-0.15, -0.1) is 11.3 Å². The summed E-state index contributed by atoms with van der Waals surface area (Å²) < 4.78 is 26.6. The van der Waals surface area contributed by atoms with E-state index in [1.165, 1.54) is 23.5 Å². The molecule has 1 aromatic heterocycles. The third-order valence-corrected chi connectivity index (χ3v) is 4.79. The van der Waals surface area contributed by atoms with Gasteiger partial charge in [-0.3, -0.25) is 0 Å². The Morgan fingerprint density at radius 2 is 2.21 bits per heavy atom. The van der Waals surface area contributed by atoms with Crippen LogP contribution in [-0.4, -0.2) is 18.5 Å². The van der Waals surface area contributed by atoms with Crippen molar-refractivity contribution in [3.05, 3.63) is 45.9 Å². The molecule has 0 bridgehead atoms. The SMILES string of the molecule is Cc1cnc(CNS(=O)(=O)c2cccc(CO)c2)s1. The fourth-order valence-electron chi connectivity index (χ4n) is 1.53. The molecule has 2 rings (SSSR count). The third kappa shape index (κ3) is 3.60. The van der Waals surface area contributed by atoms with E-state index in [1.54, 1.807) is 18.3 Å². The van der Waals surface area contributed by atoms with E-state index >= 15 is 0 Å². The third-order valence-electron chi connectivity index (χ3n) is 2.47. The average Bonchev–Trinajstić information content (AvgIpc) is 2.82. The highest BCUT2D eigenvalue weighted by atomic mass is 32.2. The molecule has 0 spiro atoms. The predicted molar refractivity (Wildman–Crippen MR) is 73.2 cm³/mol. The van der Waals surface area contributed by atoms with E-state index < -0.39 is 10.0 Å². The summed E-state index contributed by atoms with van der Waals surface area (Å²) in [5, 5.41) is 9.74. The fourth-order valence-corrected chi connectivity index (χ4v) is 3.41. The smallest absolute Gasteiger partial charge is 0.240 e. The van der Waals surface area contributed by atoms with Crippen LogP contribution in [0.25, 0.3) is 0 Å². The number of aryl methyl sites for hydroxylation is 1. The molecular weight excluding hydrogens is 284 g/mol. The van der Waals surface area contributed by atoms with Gasteiger partial charge >= 0.3 is 0 Å². The minimum Gasteiger partial charge on any atom is -0.392 e. The summed E-state index contributed by atoms with van der Waals surface area (Å²) >= 11 is 1.45. The number of benzene rings is 1. The number of sulfonamides is 1. The van der Waals surface area contributed by atoms with Crippen LogP contribution in [0, 0.1) is 6.92 Å². The molecule has 0 amide bonds. The molecule has 102 valence electrons. The lowest BCUT2D eigenvalue weighted by Crippen LogP contribution is -2.23. The Hall–Kier alpha value is -1.28. The number of thiazole rings is 1. The number of nitrogens with one attached hydrogen (secondary N) is 1. The summed E-state index contributed by atoms with van der Waals surface area (Å²) in [6.45, 7) is 1.90. The molecule has 7 heteroatoms. The van der Waals surface area contributed by atoms with Crippen LogP contribution in [0.1, 0.15) is 15.4 Å². The van der Waals surface area contributed by atoms with Crippen molar-refractivity contribution < 1.29 is 13.5 Å². The molecule has 2 aromatic rings. The van der Waals surface area contributed by atoms with Gasteiger partial charge in [0.25, 0.3) is 0 Å². The second-order valence-electron chi connectivity index (χ2n) is 3.99. The molecule has 0 unspecified atom stereocenters. The van der Waals surface area contributed by atoms with Gasteiger partial charge in [0, 0.05) is 11.1 Å². The van der Waals surface area contributed by atoms with E-state index in [0.29, 0.717) is 5.56 Å². The zero-order chi connectivity index (χ0) is 13.9. The summed E-state index contributed by atoms with van der Waals surface area (Å²) in [6.07, 6.45) is 1.71. The number of aliphatic hydroxyl groups excluding tert-OH is 1. The van der Waals surface area contributed by atoms with Crippen molar-refractivity contribution in [2.45, 2.75) is 25.0 Å². The van der Waals surface area contributed by atoms with Crippen molar-refractivity contribution in [1.29, 1.82) is 0 Å². The lowest BCUT2D eigenvalue weighted by atomic mass is 10.2. The highest BCUT2D eigenvalue weighted by Gasteiger charge is 2.14. The van der Waals surface area contributed by atoms with Crippen LogP contribution in [0.4, 0.5) is 0 Å². The lowest BCUT2D eigenvalue weighted by molar-refractivity contribution is 0.281. The van der Waals surface area contributed by atoms with Gasteiger partial charge in [-0.2, -0.15) is 0 Å². The number of aliphatic hydroxyl groups is 1. The van der Waals surface area contributed by atoms with Gasteiger partial charge in [-0.25, -0.2) is 18.1 Å². The molecule has 0 aliphatic carbocycles. The number of hydrogen-bond acceptors (Lipinski definition) is 5. The van der Waals surface area contributed by atoms with E-state index in [1.807, 2.05) is 6.92 Å². The molecular formula is C12H14N2O3S2. The van der Waals surface area contributed by atoms with Gasteiger partial charge < -0.3 is 5.11 Å². The van der Waals surface area contributed by atoms with E-state index in [2.05, 4.69) is 9.71 Å². The van der Waals surface area contributed by atoms with Gasteiger partial charge in [0.1, 0.15) is 5.01 Å². The summed E-state index contributed by atoms with van der Waals surface area (Å²) in [4.78, 5) is 5.28. The average molecular weight is 298 g/mol. The van der Waals surface area contributed by atoms with E-state index in [9.17, 15) is 8.42 Å². The van der Waals surface area contributed by atoms with Gasteiger partial charge in [-0.1, -0.05) is 12.1 Å². The zero-order valence-electron chi connectivity index (χ0n) is 10.3. The van der Waals surface area contributed by atoms with Gasteiger partial charge in [0.05, 0.1) is 18.0 Å². The minimum absolute atomic E-state index is 0.146. The molecule has 1 aromatic carbocycles. The van der Waals surface area contributed by atoms with Gasteiger partial charge in [-0.05, 0) is 24.6 Å². The highest BCUT2D eigenvalue weighted by Crippen LogP contribution is 2.14. The van der Waals surface area contributed by atoms with Crippen LogP contribution in [0.15, 0.2) is 35.4 Å². The number of aromatic nitrogens is 1. The molecule has 0 saturated heterocycles. The van der Waals surface area contributed by atoms with E-state index in [0.717, 1.165) is 9.88 Å². The Bertz CT molecular complexity index is 665. The Kier molecular flexibility index (Phi) is 4.31. The number of rotatable bonds is 5. The monoisotopic (exact) mass is 298 g/mol. The summed E-state index contributed by atoms with van der Waals surface area (Å²) in [5.74, 6) is 0. The second kappa shape index (κ2) is 5.79. The molecule has 1 heterocycles. The van der Waals surface area contributed by atoms with Gasteiger partial charge in [0.15, 0.2) is 0 Å². The standard InChI is InChI=1S/C12H14N2O3S2/c1-9-6-13-12(18-9)7-14-19(16,17)11-4-2-3-10(5-11)8-15/h2-6,14-15H,7-8H2,1H3. The van der Waals surface area contributed by atoms with Crippen LogP contribution in [0.5, 0.6) is 0 Å².